The predicted molar refractivity (Wildman–Crippen MR) is 249 cm³/mol. The standard InChI is InChI=1S/C45H47N9O15S/c1-66-37-18-10-32(11-19-37)28-70-38-21-39(51(24-38)45(59)69-27-31-8-16-36(17-9-31)54(64)65)41(56)50-22-33(23-50)47-40(55)3-2-20-46-42(48-43(57)67-25-29-4-12-34(13-5-29)52(60)61)49-44(58)68-26-30-6-14-35(15-7-30)53(62)63/h4-19,33,38-39H,2-3,20-28H2,1H3,(H,47,55)(H2,46,48,49,57,58)/t38-,39-/m0/s1. The van der Waals surface area contributed by atoms with Crippen LogP contribution < -0.4 is 20.7 Å². The molecule has 2 saturated heterocycles. The lowest BCUT2D eigenvalue weighted by molar-refractivity contribution is -0.385. The van der Waals surface area contributed by atoms with E-state index in [-0.39, 0.29) is 105 Å². The SMILES string of the molecule is COc1ccc(CS[C@H]2C[C@@H](C(=O)N3CC(NC(=O)CCCN=C(NC(=O)OCc4ccc([N+](=O)[O-])cc4)NC(=O)OCc4ccc([N+](=O)[O-])cc4)C3)N(C(=O)OCc3ccc([N+](=O)[O-])cc3)C2)cc1. The Hall–Kier alpha value is -8.35. The van der Waals surface area contributed by atoms with Crippen LogP contribution in [0.3, 0.4) is 0 Å². The quantitative estimate of drug-likeness (QED) is 0.0252. The number of non-ortho nitro benzene ring substituents is 3. The number of methoxy groups -OCH3 is 1. The number of hydrogen-bond donors (Lipinski definition) is 3. The van der Waals surface area contributed by atoms with Crippen LogP contribution in [0.4, 0.5) is 31.4 Å². The van der Waals surface area contributed by atoms with Gasteiger partial charge in [-0.2, -0.15) is 11.8 Å². The molecule has 25 heteroatoms. The third-order valence-electron chi connectivity index (χ3n) is 10.8. The van der Waals surface area contributed by atoms with E-state index in [4.69, 9.17) is 18.9 Å². The van der Waals surface area contributed by atoms with Gasteiger partial charge in [0.1, 0.15) is 31.6 Å². The molecule has 70 heavy (non-hydrogen) atoms. The monoisotopic (exact) mass is 985 g/mol. The number of aliphatic imine (C=N–C) groups is 1. The fourth-order valence-electron chi connectivity index (χ4n) is 7.02. The van der Waals surface area contributed by atoms with E-state index in [9.17, 15) is 54.3 Å². The lowest BCUT2D eigenvalue weighted by atomic mass is 10.1. The first-order valence-corrected chi connectivity index (χ1v) is 22.6. The number of rotatable bonds is 19. The van der Waals surface area contributed by atoms with Gasteiger partial charge in [0, 0.05) is 80.0 Å². The van der Waals surface area contributed by atoms with Crippen LogP contribution >= 0.6 is 11.8 Å². The summed E-state index contributed by atoms with van der Waals surface area (Å²) in [7, 11) is 1.58. The molecule has 0 saturated carbocycles. The van der Waals surface area contributed by atoms with Gasteiger partial charge >= 0.3 is 18.3 Å². The molecule has 0 unspecified atom stereocenters. The van der Waals surface area contributed by atoms with Crippen molar-refractivity contribution in [2.24, 2.45) is 4.99 Å². The minimum atomic E-state index is -1.04. The summed E-state index contributed by atoms with van der Waals surface area (Å²) in [5.74, 6) is 0.302. The first-order chi connectivity index (χ1) is 33.6. The summed E-state index contributed by atoms with van der Waals surface area (Å²) in [6, 6.07) is 22.5. The summed E-state index contributed by atoms with van der Waals surface area (Å²) < 4.78 is 21.2. The Kier molecular flexibility index (Phi) is 17.9. The largest absolute Gasteiger partial charge is 0.497 e. The number of nitrogens with one attached hydrogen (secondary N) is 3. The smallest absolute Gasteiger partial charge is 0.414 e. The summed E-state index contributed by atoms with van der Waals surface area (Å²) in [4.78, 5) is 104. The van der Waals surface area contributed by atoms with Gasteiger partial charge in [0.05, 0.1) is 27.9 Å². The normalized spacial score (nSPS) is 15.1. The molecule has 2 fully saturated rings. The van der Waals surface area contributed by atoms with Crippen LogP contribution in [0.2, 0.25) is 0 Å². The molecule has 0 spiro atoms. The molecule has 2 heterocycles. The van der Waals surface area contributed by atoms with E-state index in [0.717, 1.165) is 11.3 Å². The third-order valence-corrected chi connectivity index (χ3v) is 12.1. The van der Waals surface area contributed by atoms with Crippen molar-refractivity contribution in [3.05, 3.63) is 150 Å². The fourth-order valence-corrected chi connectivity index (χ4v) is 8.23. The molecule has 2 atom stereocenters. The Morgan fingerprint density at radius 1 is 0.671 bits per heavy atom. The van der Waals surface area contributed by atoms with E-state index in [1.54, 1.807) is 23.8 Å². The minimum absolute atomic E-state index is 0.0273. The number of guanidine groups is 1. The maximum Gasteiger partial charge on any atom is 0.414 e. The zero-order valence-electron chi connectivity index (χ0n) is 37.5. The van der Waals surface area contributed by atoms with Crippen LogP contribution in [0, 0.1) is 30.3 Å². The van der Waals surface area contributed by atoms with Crippen molar-refractivity contribution in [2.75, 3.05) is 33.3 Å². The summed E-state index contributed by atoms with van der Waals surface area (Å²) >= 11 is 1.60. The first-order valence-electron chi connectivity index (χ1n) is 21.5. The van der Waals surface area contributed by atoms with Crippen molar-refractivity contribution in [3.8, 4) is 5.75 Å². The number of carbonyl (C=O) groups excluding carboxylic acids is 5. The number of likely N-dealkylation sites (tertiary alicyclic amines) is 2. The average molecular weight is 986 g/mol. The second kappa shape index (κ2) is 24.6. The van der Waals surface area contributed by atoms with E-state index in [1.165, 1.54) is 77.7 Å². The second-order valence-electron chi connectivity index (χ2n) is 15.8. The van der Waals surface area contributed by atoms with E-state index in [1.807, 2.05) is 24.3 Å². The molecule has 4 aromatic rings. The van der Waals surface area contributed by atoms with Crippen molar-refractivity contribution in [1.82, 2.24) is 25.8 Å². The van der Waals surface area contributed by atoms with Gasteiger partial charge in [-0.25, -0.2) is 14.4 Å². The lowest BCUT2D eigenvalue weighted by Crippen LogP contribution is -2.63. The molecular weight excluding hydrogens is 939 g/mol. The molecule has 2 aliphatic rings. The van der Waals surface area contributed by atoms with Crippen molar-refractivity contribution in [1.29, 1.82) is 0 Å². The number of benzene rings is 4. The number of carbonyl (C=O) groups is 5. The predicted octanol–water partition coefficient (Wildman–Crippen LogP) is 5.75. The second-order valence-corrected chi connectivity index (χ2v) is 17.0. The number of thioether (sulfide) groups is 1. The Labute approximate surface area is 403 Å². The zero-order valence-corrected chi connectivity index (χ0v) is 38.3. The zero-order chi connectivity index (χ0) is 50.2. The van der Waals surface area contributed by atoms with Crippen molar-refractivity contribution < 1.29 is 57.7 Å². The van der Waals surface area contributed by atoms with Crippen molar-refractivity contribution >= 4 is 64.9 Å². The van der Waals surface area contributed by atoms with Gasteiger partial charge in [-0.3, -0.25) is 60.5 Å². The van der Waals surface area contributed by atoms with Gasteiger partial charge in [0.25, 0.3) is 17.1 Å². The number of amides is 5. The summed E-state index contributed by atoms with van der Waals surface area (Å²) in [6.45, 7) is -0.173. The molecule has 0 bridgehead atoms. The van der Waals surface area contributed by atoms with Crippen LogP contribution in [0.1, 0.15) is 41.5 Å². The van der Waals surface area contributed by atoms with Gasteiger partial charge in [-0.1, -0.05) is 12.1 Å². The van der Waals surface area contributed by atoms with Crippen LogP contribution in [0.15, 0.2) is 102 Å². The highest BCUT2D eigenvalue weighted by Gasteiger charge is 2.45. The number of nitrogens with zero attached hydrogens (tertiary/aromatic N) is 6. The minimum Gasteiger partial charge on any atom is -0.497 e. The van der Waals surface area contributed by atoms with Crippen molar-refractivity contribution in [2.45, 2.75) is 62.2 Å². The number of ether oxygens (including phenoxy) is 4. The molecule has 2 aliphatic heterocycles. The van der Waals surface area contributed by atoms with E-state index >= 15 is 0 Å². The molecule has 368 valence electrons. The molecule has 5 amide bonds. The Bertz CT molecular complexity index is 2480. The molecule has 0 aliphatic carbocycles. The average Bonchev–Trinajstić information content (AvgIpc) is 3.78. The summed E-state index contributed by atoms with van der Waals surface area (Å²) in [5.41, 5.74) is 2.02. The van der Waals surface area contributed by atoms with E-state index in [2.05, 4.69) is 20.9 Å². The van der Waals surface area contributed by atoms with Gasteiger partial charge in [-0.15, -0.1) is 0 Å². The lowest BCUT2D eigenvalue weighted by Gasteiger charge is -2.41. The third kappa shape index (κ3) is 15.1. The number of nitro benzene ring substituents is 3. The highest BCUT2D eigenvalue weighted by atomic mass is 32.2. The number of nitro groups is 3. The Morgan fingerprint density at radius 3 is 1.61 bits per heavy atom. The Morgan fingerprint density at radius 2 is 1.14 bits per heavy atom. The first kappa shape index (κ1) is 51.0. The van der Waals surface area contributed by atoms with Crippen molar-refractivity contribution in [3.63, 3.8) is 0 Å². The molecule has 4 aromatic carbocycles. The maximum atomic E-state index is 13.9. The van der Waals surface area contributed by atoms with E-state index < -0.39 is 39.1 Å². The van der Waals surface area contributed by atoms with Crippen LogP contribution in [0.5, 0.6) is 5.75 Å². The molecule has 3 N–H and O–H groups in total. The van der Waals surface area contributed by atoms with Gasteiger partial charge < -0.3 is 29.2 Å². The molecular formula is C45H47N9O15S. The highest BCUT2D eigenvalue weighted by molar-refractivity contribution is 7.99. The van der Waals surface area contributed by atoms with Crippen LogP contribution in [-0.4, -0.2) is 111 Å². The van der Waals surface area contributed by atoms with Crippen LogP contribution in [-0.2, 0) is 49.4 Å². The fraction of sp³-hybridized carbons (Fsp3) is 0.333. The summed E-state index contributed by atoms with van der Waals surface area (Å²) in [5, 5.41) is 40.3. The highest BCUT2D eigenvalue weighted by Crippen LogP contribution is 2.33. The molecule has 0 aromatic heterocycles. The molecule has 24 nitrogen and oxygen atoms in total. The molecule has 6 rings (SSSR count). The topological polar surface area (TPSA) is 307 Å². The summed E-state index contributed by atoms with van der Waals surface area (Å²) in [6.07, 6.45) is -2.31. The van der Waals surface area contributed by atoms with Crippen LogP contribution in [0.25, 0.3) is 0 Å². The molecule has 0 radical (unpaired) electrons. The van der Waals surface area contributed by atoms with E-state index in [0.29, 0.717) is 28.9 Å². The number of alkyl carbamates (subject to hydrolysis) is 2. The Balaban J connectivity index is 0.991. The number of hydrogen-bond acceptors (Lipinski definition) is 17. The van der Waals surface area contributed by atoms with Gasteiger partial charge in [0.15, 0.2) is 0 Å². The maximum absolute atomic E-state index is 13.9. The van der Waals surface area contributed by atoms with Gasteiger partial charge in [0.2, 0.25) is 17.8 Å². The van der Waals surface area contributed by atoms with Gasteiger partial charge in [-0.05, 0) is 83.6 Å².